The van der Waals surface area contributed by atoms with Gasteiger partial charge in [-0.05, 0) is 58.2 Å². The second kappa shape index (κ2) is 10.8. The number of nitrogens with zero attached hydrogens (tertiary/aromatic N) is 3. The third kappa shape index (κ3) is 7.10. The van der Waals surface area contributed by atoms with Crippen LogP contribution in [0.2, 0.25) is 0 Å². The molecule has 0 spiro atoms. The van der Waals surface area contributed by atoms with Gasteiger partial charge >= 0.3 is 6.09 Å². The Morgan fingerprint density at radius 2 is 1.84 bits per heavy atom. The number of rotatable bonds is 5. The molecule has 3 amide bonds. The lowest BCUT2D eigenvalue weighted by Crippen LogP contribution is -2.56. The minimum atomic E-state index is -0.866. The first-order chi connectivity index (χ1) is 17.4. The molecule has 3 aliphatic rings. The van der Waals surface area contributed by atoms with Crippen LogP contribution < -0.4 is 15.5 Å². The van der Waals surface area contributed by atoms with Gasteiger partial charge in [-0.15, -0.1) is 0 Å². The van der Waals surface area contributed by atoms with Gasteiger partial charge in [-0.1, -0.05) is 0 Å². The Morgan fingerprint density at radius 3 is 2.43 bits per heavy atom. The third-order valence-corrected chi connectivity index (χ3v) is 7.10. The molecule has 3 fully saturated rings. The number of carbonyl (C=O) groups is 3. The van der Waals surface area contributed by atoms with E-state index in [9.17, 15) is 23.9 Å². The molecular weight excluding hydrogens is 481 g/mol. The normalized spacial score (nSPS) is 23.0. The van der Waals surface area contributed by atoms with E-state index < -0.39 is 23.2 Å². The molecule has 11 heteroatoms. The second-order valence-corrected chi connectivity index (χ2v) is 11.3. The summed E-state index contributed by atoms with van der Waals surface area (Å²) >= 11 is 0. The maximum Gasteiger partial charge on any atom is 0.410 e. The van der Waals surface area contributed by atoms with E-state index in [0.29, 0.717) is 76.5 Å². The fourth-order valence-corrected chi connectivity index (χ4v) is 5.04. The number of nitrogens with one attached hydrogen (secondary N) is 2. The minimum Gasteiger partial charge on any atom is -0.444 e. The van der Waals surface area contributed by atoms with E-state index in [1.54, 1.807) is 17.0 Å². The van der Waals surface area contributed by atoms with E-state index in [1.807, 2.05) is 25.7 Å². The van der Waals surface area contributed by atoms with Crippen molar-refractivity contribution in [3.05, 3.63) is 24.0 Å². The Hall–Kier alpha value is -2.92. The van der Waals surface area contributed by atoms with Crippen LogP contribution in [0.4, 0.5) is 20.6 Å². The molecule has 3 N–H and O–H groups in total. The van der Waals surface area contributed by atoms with Gasteiger partial charge in [0, 0.05) is 57.9 Å². The van der Waals surface area contributed by atoms with Crippen molar-refractivity contribution >= 4 is 29.3 Å². The van der Waals surface area contributed by atoms with Crippen molar-refractivity contribution in [2.24, 2.45) is 0 Å². The number of amides is 3. The lowest BCUT2D eigenvalue weighted by Gasteiger charge is -2.43. The van der Waals surface area contributed by atoms with Gasteiger partial charge in [-0.25, -0.2) is 9.18 Å². The fourth-order valence-electron chi connectivity index (χ4n) is 5.04. The SMILES string of the molecule is CC(C)(C)OC(=O)N1CCC(O)(CN2CCN(c3ccc(NC4CCC(=O)NC4=O)cc3F)CC2)CC1. The number of β-amino-alcohol motifs (C(OH)–C–C–N with tert-alkyl or cyclic N) is 1. The molecule has 37 heavy (non-hydrogen) atoms. The predicted molar refractivity (Wildman–Crippen MR) is 137 cm³/mol. The summed E-state index contributed by atoms with van der Waals surface area (Å²) in [5.74, 6) is -1.06. The highest BCUT2D eigenvalue weighted by molar-refractivity contribution is 6.01. The summed E-state index contributed by atoms with van der Waals surface area (Å²) in [4.78, 5) is 41.4. The van der Waals surface area contributed by atoms with Crippen LogP contribution >= 0.6 is 0 Å². The topological polar surface area (TPSA) is 114 Å². The number of piperazine rings is 1. The number of ether oxygens (including phenoxy) is 1. The summed E-state index contributed by atoms with van der Waals surface area (Å²) in [5.41, 5.74) is -0.420. The molecule has 0 saturated carbocycles. The van der Waals surface area contributed by atoms with Crippen LogP contribution in [0.5, 0.6) is 0 Å². The Balaban J connectivity index is 1.25. The Kier molecular flexibility index (Phi) is 7.94. The summed E-state index contributed by atoms with van der Waals surface area (Å²) in [6.45, 7) is 9.55. The quantitative estimate of drug-likeness (QED) is 0.506. The van der Waals surface area contributed by atoms with Crippen LogP contribution in [0.3, 0.4) is 0 Å². The first-order valence-electron chi connectivity index (χ1n) is 13.0. The minimum absolute atomic E-state index is 0.255. The highest BCUT2D eigenvalue weighted by atomic mass is 19.1. The van der Waals surface area contributed by atoms with Crippen LogP contribution in [-0.2, 0) is 14.3 Å². The summed E-state index contributed by atoms with van der Waals surface area (Å²) in [6, 6.07) is 4.27. The monoisotopic (exact) mass is 519 g/mol. The molecule has 1 unspecified atom stereocenters. The zero-order chi connectivity index (χ0) is 26.8. The number of hydrogen-bond donors (Lipinski definition) is 3. The molecule has 0 aliphatic carbocycles. The lowest BCUT2D eigenvalue weighted by atomic mass is 9.90. The van der Waals surface area contributed by atoms with Crippen molar-refractivity contribution in [3.8, 4) is 0 Å². The average Bonchev–Trinajstić information content (AvgIpc) is 2.81. The molecule has 0 bridgehead atoms. The van der Waals surface area contributed by atoms with E-state index in [1.165, 1.54) is 6.07 Å². The summed E-state index contributed by atoms with van der Waals surface area (Å²) in [7, 11) is 0. The van der Waals surface area contributed by atoms with Crippen LogP contribution in [0.25, 0.3) is 0 Å². The molecule has 1 aromatic rings. The van der Waals surface area contributed by atoms with Crippen molar-refractivity contribution in [3.63, 3.8) is 0 Å². The average molecular weight is 520 g/mol. The van der Waals surface area contributed by atoms with E-state index in [0.717, 1.165) is 0 Å². The molecular formula is C26H38FN5O5. The van der Waals surface area contributed by atoms with E-state index in [4.69, 9.17) is 4.74 Å². The van der Waals surface area contributed by atoms with Gasteiger partial charge in [0.2, 0.25) is 11.8 Å². The maximum atomic E-state index is 15.0. The molecule has 204 valence electrons. The molecule has 1 aromatic carbocycles. The fraction of sp³-hybridized carbons (Fsp3) is 0.654. The first kappa shape index (κ1) is 27.1. The molecule has 0 radical (unpaired) electrons. The number of hydrogen-bond acceptors (Lipinski definition) is 8. The smallest absolute Gasteiger partial charge is 0.410 e. The Morgan fingerprint density at radius 1 is 1.16 bits per heavy atom. The number of aliphatic hydroxyl groups is 1. The number of benzene rings is 1. The molecule has 4 rings (SSSR count). The van der Waals surface area contributed by atoms with E-state index >= 15 is 0 Å². The van der Waals surface area contributed by atoms with Gasteiger partial charge in [0.25, 0.3) is 0 Å². The maximum absolute atomic E-state index is 15.0. The number of anilines is 2. The number of imide groups is 1. The number of likely N-dealkylation sites (tertiary alicyclic amines) is 1. The molecule has 10 nitrogen and oxygen atoms in total. The summed E-state index contributed by atoms with van der Waals surface area (Å²) in [6.07, 6.45) is 1.27. The van der Waals surface area contributed by atoms with Gasteiger partial charge in [-0.3, -0.25) is 19.8 Å². The van der Waals surface area contributed by atoms with Crippen molar-refractivity contribution in [2.75, 3.05) is 56.0 Å². The largest absolute Gasteiger partial charge is 0.444 e. The van der Waals surface area contributed by atoms with Crippen LogP contribution in [-0.4, -0.2) is 95.9 Å². The van der Waals surface area contributed by atoms with Gasteiger partial charge < -0.3 is 25.0 Å². The second-order valence-electron chi connectivity index (χ2n) is 11.3. The molecule has 0 aromatic heterocycles. The van der Waals surface area contributed by atoms with Crippen molar-refractivity contribution in [2.45, 2.75) is 63.7 Å². The Labute approximate surface area is 217 Å². The number of piperidine rings is 2. The predicted octanol–water partition coefficient (Wildman–Crippen LogP) is 1.93. The molecule has 3 heterocycles. The summed E-state index contributed by atoms with van der Waals surface area (Å²) < 4.78 is 20.4. The number of carbonyl (C=O) groups excluding carboxylic acids is 3. The van der Waals surface area contributed by atoms with Gasteiger partial charge in [0.15, 0.2) is 0 Å². The van der Waals surface area contributed by atoms with E-state index in [2.05, 4.69) is 15.5 Å². The lowest BCUT2D eigenvalue weighted by molar-refractivity contribution is -0.133. The van der Waals surface area contributed by atoms with Crippen LogP contribution in [0.1, 0.15) is 46.5 Å². The standard InChI is InChI=1S/C26H38FN5O5/c1-25(2,3)37-24(35)32-10-8-26(36,9-11-32)17-30-12-14-31(15-13-30)21-6-4-18(16-19(21)27)28-20-5-7-22(33)29-23(20)34/h4,6,16,20,28,36H,5,7-15,17H2,1-3H3,(H,29,33,34). The molecule has 3 saturated heterocycles. The van der Waals surface area contributed by atoms with Crippen LogP contribution in [0.15, 0.2) is 18.2 Å². The highest BCUT2D eigenvalue weighted by Crippen LogP contribution is 2.28. The van der Waals surface area contributed by atoms with Gasteiger partial charge in [-0.2, -0.15) is 0 Å². The van der Waals surface area contributed by atoms with Gasteiger partial charge in [0.05, 0.1) is 11.3 Å². The number of halogens is 1. The summed E-state index contributed by atoms with van der Waals surface area (Å²) in [5, 5.41) is 16.4. The van der Waals surface area contributed by atoms with Crippen molar-refractivity contribution < 1.29 is 28.6 Å². The van der Waals surface area contributed by atoms with Crippen molar-refractivity contribution in [1.82, 2.24) is 15.1 Å². The van der Waals surface area contributed by atoms with Crippen molar-refractivity contribution in [1.29, 1.82) is 0 Å². The Bertz CT molecular complexity index is 1010. The molecule has 3 aliphatic heterocycles. The van der Waals surface area contributed by atoms with Gasteiger partial charge in [0.1, 0.15) is 17.5 Å². The highest BCUT2D eigenvalue weighted by Gasteiger charge is 2.37. The third-order valence-electron chi connectivity index (χ3n) is 7.10. The zero-order valence-corrected chi connectivity index (χ0v) is 21.9. The molecule has 1 atom stereocenters. The first-order valence-corrected chi connectivity index (χ1v) is 13.0. The van der Waals surface area contributed by atoms with E-state index in [-0.39, 0.29) is 24.2 Å². The zero-order valence-electron chi connectivity index (χ0n) is 21.9. The van der Waals surface area contributed by atoms with Crippen LogP contribution in [0, 0.1) is 5.82 Å².